The molecule has 0 amide bonds. The molecule has 3 heteroatoms. The monoisotopic (exact) mass is 221 g/mol. The van der Waals surface area contributed by atoms with Crippen LogP contribution < -0.4 is 5.73 Å². The zero-order valence-electron chi connectivity index (χ0n) is 10.3. The van der Waals surface area contributed by atoms with Gasteiger partial charge in [0.2, 0.25) is 0 Å². The minimum atomic E-state index is -0.680. The molecule has 1 rings (SSSR count). The molecular formula is C13H19NO2. The number of rotatable bonds is 3. The number of nitrogens with two attached hydrogens (primary N) is 1. The summed E-state index contributed by atoms with van der Waals surface area (Å²) in [6.45, 7) is 8.10. The van der Waals surface area contributed by atoms with Crippen molar-refractivity contribution in [3.63, 3.8) is 0 Å². The van der Waals surface area contributed by atoms with E-state index in [4.69, 9.17) is 10.5 Å². The van der Waals surface area contributed by atoms with Crippen LogP contribution in [0.2, 0.25) is 0 Å². The van der Waals surface area contributed by atoms with Crippen molar-refractivity contribution in [1.29, 1.82) is 0 Å². The SMILES string of the molecule is CCOC(=O)[C@H](N)c1c(C)cc(C)cc1C. The number of carbonyl (C=O) groups excluding carboxylic acids is 1. The largest absolute Gasteiger partial charge is 0.465 e. The van der Waals surface area contributed by atoms with Crippen molar-refractivity contribution in [2.24, 2.45) is 5.73 Å². The van der Waals surface area contributed by atoms with Gasteiger partial charge in [0.25, 0.3) is 0 Å². The van der Waals surface area contributed by atoms with Crippen LogP contribution in [-0.4, -0.2) is 12.6 Å². The first-order valence-corrected chi connectivity index (χ1v) is 5.47. The van der Waals surface area contributed by atoms with Gasteiger partial charge in [0, 0.05) is 0 Å². The lowest BCUT2D eigenvalue weighted by molar-refractivity contribution is -0.144. The molecule has 3 nitrogen and oxygen atoms in total. The van der Waals surface area contributed by atoms with Gasteiger partial charge in [-0.1, -0.05) is 17.7 Å². The van der Waals surface area contributed by atoms with Crippen molar-refractivity contribution in [2.45, 2.75) is 33.7 Å². The van der Waals surface area contributed by atoms with Gasteiger partial charge in [0.05, 0.1) is 6.61 Å². The summed E-state index contributed by atoms with van der Waals surface area (Å²) in [5, 5.41) is 0. The van der Waals surface area contributed by atoms with Crippen LogP contribution in [0.4, 0.5) is 0 Å². The molecule has 2 N–H and O–H groups in total. The molecule has 0 fully saturated rings. The predicted molar refractivity (Wildman–Crippen MR) is 64.2 cm³/mol. The maximum absolute atomic E-state index is 11.6. The van der Waals surface area contributed by atoms with E-state index in [1.807, 2.05) is 32.9 Å². The van der Waals surface area contributed by atoms with Crippen LogP contribution >= 0.6 is 0 Å². The molecule has 0 saturated heterocycles. The van der Waals surface area contributed by atoms with Crippen LogP contribution in [-0.2, 0) is 9.53 Å². The van der Waals surface area contributed by atoms with Gasteiger partial charge >= 0.3 is 5.97 Å². The third-order valence-corrected chi connectivity index (χ3v) is 2.59. The molecule has 0 aromatic heterocycles. The van der Waals surface area contributed by atoms with E-state index in [0.29, 0.717) is 6.61 Å². The summed E-state index contributed by atoms with van der Waals surface area (Å²) in [4.78, 5) is 11.6. The molecule has 0 aliphatic heterocycles. The molecule has 0 aliphatic rings. The summed E-state index contributed by atoms with van der Waals surface area (Å²) in [6.07, 6.45) is 0. The van der Waals surface area contributed by atoms with Crippen LogP contribution in [0, 0.1) is 20.8 Å². The fourth-order valence-electron chi connectivity index (χ4n) is 2.03. The highest BCUT2D eigenvalue weighted by Crippen LogP contribution is 2.22. The first-order valence-electron chi connectivity index (χ1n) is 5.47. The average Bonchev–Trinajstić information content (AvgIpc) is 2.16. The minimum absolute atomic E-state index is 0.358. The predicted octanol–water partition coefficient (Wildman–Crippen LogP) is 2.17. The summed E-state index contributed by atoms with van der Waals surface area (Å²) in [5.74, 6) is -0.363. The van der Waals surface area contributed by atoms with Gasteiger partial charge in [-0.25, -0.2) is 4.79 Å². The molecule has 88 valence electrons. The van der Waals surface area contributed by atoms with Crippen molar-refractivity contribution in [3.05, 3.63) is 34.4 Å². The van der Waals surface area contributed by atoms with Crippen LogP contribution in [0.25, 0.3) is 0 Å². The second-order valence-electron chi connectivity index (χ2n) is 4.04. The van der Waals surface area contributed by atoms with E-state index in [2.05, 4.69) is 0 Å². The van der Waals surface area contributed by atoms with E-state index in [0.717, 1.165) is 16.7 Å². The van der Waals surface area contributed by atoms with Gasteiger partial charge in [0.1, 0.15) is 6.04 Å². The Kier molecular flexibility index (Phi) is 4.07. The normalized spacial score (nSPS) is 12.3. The van der Waals surface area contributed by atoms with Gasteiger partial charge in [-0.2, -0.15) is 0 Å². The lowest BCUT2D eigenvalue weighted by Gasteiger charge is -2.17. The summed E-state index contributed by atoms with van der Waals surface area (Å²) in [7, 11) is 0. The minimum Gasteiger partial charge on any atom is -0.465 e. The third kappa shape index (κ3) is 2.61. The number of hydrogen-bond donors (Lipinski definition) is 1. The molecule has 0 saturated carbocycles. The van der Waals surface area contributed by atoms with Gasteiger partial charge in [-0.3, -0.25) is 0 Å². The molecule has 0 bridgehead atoms. The van der Waals surface area contributed by atoms with E-state index in [9.17, 15) is 4.79 Å². The summed E-state index contributed by atoms with van der Waals surface area (Å²) >= 11 is 0. The number of benzene rings is 1. The fraction of sp³-hybridized carbons (Fsp3) is 0.462. The van der Waals surface area contributed by atoms with Crippen LogP contribution in [0.5, 0.6) is 0 Å². The van der Waals surface area contributed by atoms with Crippen LogP contribution in [0.3, 0.4) is 0 Å². The Bertz CT molecular complexity index is 376. The average molecular weight is 221 g/mol. The lowest BCUT2D eigenvalue weighted by atomic mass is 9.94. The number of esters is 1. The topological polar surface area (TPSA) is 52.3 Å². The lowest BCUT2D eigenvalue weighted by Crippen LogP contribution is -2.25. The first kappa shape index (κ1) is 12.7. The highest BCUT2D eigenvalue weighted by atomic mass is 16.5. The summed E-state index contributed by atoms with van der Waals surface area (Å²) in [6, 6.07) is 3.38. The standard InChI is InChI=1S/C13H19NO2/c1-5-16-13(15)12(14)11-9(3)6-8(2)7-10(11)4/h6-7,12H,5,14H2,1-4H3/t12-/m1/s1. The molecule has 0 spiro atoms. The maximum Gasteiger partial charge on any atom is 0.327 e. The highest BCUT2D eigenvalue weighted by molar-refractivity contribution is 5.78. The van der Waals surface area contributed by atoms with E-state index in [-0.39, 0.29) is 5.97 Å². The Morgan fingerprint density at radius 3 is 2.25 bits per heavy atom. The number of aryl methyl sites for hydroxylation is 3. The molecule has 1 aromatic carbocycles. The Morgan fingerprint density at radius 1 is 1.31 bits per heavy atom. The molecule has 0 heterocycles. The second kappa shape index (κ2) is 5.12. The molecule has 1 aromatic rings. The van der Waals surface area contributed by atoms with Crippen molar-refractivity contribution < 1.29 is 9.53 Å². The van der Waals surface area contributed by atoms with E-state index in [1.54, 1.807) is 6.92 Å². The number of carbonyl (C=O) groups is 1. The van der Waals surface area contributed by atoms with E-state index >= 15 is 0 Å². The van der Waals surface area contributed by atoms with Crippen molar-refractivity contribution in [2.75, 3.05) is 6.61 Å². The Hall–Kier alpha value is -1.35. The van der Waals surface area contributed by atoms with Crippen LogP contribution in [0.1, 0.15) is 35.2 Å². The van der Waals surface area contributed by atoms with Gasteiger partial charge in [0.15, 0.2) is 0 Å². The first-order chi connectivity index (χ1) is 7.47. The van der Waals surface area contributed by atoms with Gasteiger partial charge < -0.3 is 10.5 Å². The Balaban J connectivity index is 3.08. The second-order valence-corrected chi connectivity index (χ2v) is 4.04. The summed E-state index contributed by atoms with van der Waals surface area (Å²) < 4.78 is 4.93. The fourth-order valence-corrected chi connectivity index (χ4v) is 2.03. The zero-order valence-corrected chi connectivity index (χ0v) is 10.3. The molecule has 16 heavy (non-hydrogen) atoms. The van der Waals surface area contributed by atoms with E-state index in [1.165, 1.54) is 5.56 Å². The molecule has 0 radical (unpaired) electrons. The van der Waals surface area contributed by atoms with Crippen molar-refractivity contribution in [1.82, 2.24) is 0 Å². The Morgan fingerprint density at radius 2 is 1.81 bits per heavy atom. The van der Waals surface area contributed by atoms with Crippen LogP contribution in [0.15, 0.2) is 12.1 Å². The smallest absolute Gasteiger partial charge is 0.327 e. The van der Waals surface area contributed by atoms with Gasteiger partial charge in [-0.05, 0) is 44.4 Å². The molecule has 0 aliphatic carbocycles. The van der Waals surface area contributed by atoms with Gasteiger partial charge in [-0.15, -0.1) is 0 Å². The van der Waals surface area contributed by atoms with E-state index < -0.39 is 6.04 Å². The summed E-state index contributed by atoms with van der Waals surface area (Å²) in [5.41, 5.74) is 10.0. The highest BCUT2D eigenvalue weighted by Gasteiger charge is 2.20. The zero-order chi connectivity index (χ0) is 12.3. The number of hydrogen-bond acceptors (Lipinski definition) is 3. The quantitative estimate of drug-likeness (QED) is 0.796. The Labute approximate surface area is 96.6 Å². The van der Waals surface area contributed by atoms with Crippen molar-refractivity contribution >= 4 is 5.97 Å². The number of ether oxygens (including phenoxy) is 1. The molecular weight excluding hydrogens is 202 g/mol. The molecule has 1 atom stereocenters. The maximum atomic E-state index is 11.6. The molecule has 0 unspecified atom stereocenters. The van der Waals surface area contributed by atoms with Crippen molar-refractivity contribution in [3.8, 4) is 0 Å². The third-order valence-electron chi connectivity index (χ3n) is 2.59.